The number of phenolic OH excluding ortho intramolecular Hbond substituents is 1. The molecule has 0 atom stereocenters. The van der Waals surface area contributed by atoms with Gasteiger partial charge in [-0.2, -0.15) is 0 Å². The number of fused-ring (bicyclic) bond motifs is 6. The molecule has 0 saturated heterocycles. The Kier molecular flexibility index (Phi) is 4.05. The van der Waals surface area contributed by atoms with E-state index < -0.39 is 0 Å². The van der Waals surface area contributed by atoms with Gasteiger partial charge in [0.15, 0.2) is 0 Å². The number of para-hydroxylation sites is 1. The fourth-order valence-electron chi connectivity index (χ4n) is 3.29. The van der Waals surface area contributed by atoms with Crippen LogP contribution in [0.5, 0.6) is 5.75 Å². The van der Waals surface area contributed by atoms with E-state index in [1.54, 1.807) is 24.3 Å². The summed E-state index contributed by atoms with van der Waals surface area (Å²) in [7, 11) is 0. The fourth-order valence-corrected chi connectivity index (χ4v) is 3.29. The van der Waals surface area contributed by atoms with Gasteiger partial charge in [0.25, 0.3) is 0 Å². The first-order chi connectivity index (χ1) is 12.3. The van der Waals surface area contributed by atoms with E-state index in [1.165, 1.54) is 32.3 Å². The molecule has 0 amide bonds. The molecule has 0 fully saturated rings. The molecule has 0 radical (unpaired) electrons. The first-order valence-electron chi connectivity index (χ1n) is 8.37. The molecular formula is C24H18O. The lowest BCUT2D eigenvalue weighted by atomic mass is 9.95. The zero-order valence-electron chi connectivity index (χ0n) is 13.8. The molecule has 0 aliphatic heterocycles. The van der Waals surface area contributed by atoms with E-state index in [2.05, 4.69) is 72.8 Å². The molecule has 120 valence electrons. The van der Waals surface area contributed by atoms with Crippen molar-refractivity contribution in [3.8, 4) is 5.75 Å². The molecule has 0 aliphatic carbocycles. The number of aromatic hydroxyl groups is 1. The second-order valence-electron chi connectivity index (χ2n) is 5.97. The zero-order valence-corrected chi connectivity index (χ0v) is 13.8. The lowest BCUT2D eigenvalue weighted by molar-refractivity contribution is 0.475. The topological polar surface area (TPSA) is 20.2 Å². The molecule has 0 saturated carbocycles. The predicted molar refractivity (Wildman–Crippen MR) is 107 cm³/mol. The Balaban J connectivity index is 0.000000190. The molecule has 0 heterocycles. The van der Waals surface area contributed by atoms with Crippen LogP contribution in [0.3, 0.4) is 0 Å². The van der Waals surface area contributed by atoms with E-state index in [0.717, 1.165) is 0 Å². The van der Waals surface area contributed by atoms with Crippen LogP contribution < -0.4 is 0 Å². The highest BCUT2D eigenvalue weighted by atomic mass is 16.3. The summed E-state index contributed by atoms with van der Waals surface area (Å²) < 4.78 is 0. The number of hydrogen-bond donors (Lipinski definition) is 1. The van der Waals surface area contributed by atoms with Gasteiger partial charge in [-0.25, -0.2) is 0 Å². The SMILES string of the molecule is Oc1ccccc1.c1ccc2c(c1)c1ccccc1c1ccccc21. The van der Waals surface area contributed by atoms with Crippen molar-refractivity contribution in [2.24, 2.45) is 0 Å². The van der Waals surface area contributed by atoms with E-state index in [0.29, 0.717) is 5.75 Å². The van der Waals surface area contributed by atoms with Crippen molar-refractivity contribution < 1.29 is 5.11 Å². The minimum absolute atomic E-state index is 0.322. The number of rotatable bonds is 0. The average molecular weight is 322 g/mol. The lowest BCUT2D eigenvalue weighted by Crippen LogP contribution is -1.81. The van der Waals surface area contributed by atoms with Crippen LogP contribution >= 0.6 is 0 Å². The summed E-state index contributed by atoms with van der Waals surface area (Å²) in [6.45, 7) is 0. The molecule has 5 aromatic carbocycles. The summed E-state index contributed by atoms with van der Waals surface area (Å²) in [5.74, 6) is 0.322. The van der Waals surface area contributed by atoms with E-state index in [9.17, 15) is 0 Å². The van der Waals surface area contributed by atoms with E-state index in [-0.39, 0.29) is 0 Å². The Morgan fingerprint density at radius 2 is 0.560 bits per heavy atom. The fraction of sp³-hybridized carbons (Fsp3) is 0. The smallest absolute Gasteiger partial charge is 0.115 e. The van der Waals surface area contributed by atoms with Crippen LogP contribution in [0.1, 0.15) is 0 Å². The van der Waals surface area contributed by atoms with Crippen molar-refractivity contribution in [1.29, 1.82) is 0 Å². The van der Waals surface area contributed by atoms with Gasteiger partial charge in [0.1, 0.15) is 5.75 Å². The third-order valence-electron chi connectivity index (χ3n) is 4.41. The van der Waals surface area contributed by atoms with Gasteiger partial charge in [-0.05, 0) is 44.5 Å². The summed E-state index contributed by atoms with van der Waals surface area (Å²) in [5, 5.41) is 16.7. The van der Waals surface area contributed by atoms with Crippen molar-refractivity contribution in [3.05, 3.63) is 103 Å². The maximum atomic E-state index is 8.63. The molecule has 0 bridgehead atoms. The van der Waals surface area contributed by atoms with Gasteiger partial charge < -0.3 is 5.11 Å². The molecule has 5 aromatic rings. The van der Waals surface area contributed by atoms with Crippen molar-refractivity contribution in [2.45, 2.75) is 0 Å². The van der Waals surface area contributed by atoms with Gasteiger partial charge in [-0.1, -0.05) is 91.0 Å². The summed E-state index contributed by atoms with van der Waals surface area (Å²) in [6, 6.07) is 34.7. The Morgan fingerprint density at radius 3 is 0.760 bits per heavy atom. The van der Waals surface area contributed by atoms with Crippen molar-refractivity contribution >= 4 is 32.3 Å². The minimum Gasteiger partial charge on any atom is -0.508 e. The van der Waals surface area contributed by atoms with Crippen molar-refractivity contribution in [3.63, 3.8) is 0 Å². The van der Waals surface area contributed by atoms with Crippen molar-refractivity contribution in [2.75, 3.05) is 0 Å². The molecule has 1 N–H and O–H groups in total. The van der Waals surface area contributed by atoms with Crippen LogP contribution in [0.15, 0.2) is 103 Å². The van der Waals surface area contributed by atoms with Crippen LogP contribution in [-0.4, -0.2) is 5.11 Å². The molecule has 25 heavy (non-hydrogen) atoms. The summed E-state index contributed by atoms with van der Waals surface area (Å²) in [4.78, 5) is 0. The third-order valence-corrected chi connectivity index (χ3v) is 4.41. The molecule has 1 nitrogen and oxygen atoms in total. The highest BCUT2D eigenvalue weighted by molar-refractivity contribution is 6.25. The molecule has 0 spiro atoms. The Bertz CT molecular complexity index is 923. The van der Waals surface area contributed by atoms with E-state index in [1.807, 2.05) is 6.07 Å². The second kappa shape index (κ2) is 6.66. The summed E-state index contributed by atoms with van der Waals surface area (Å²) in [5.41, 5.74) is 0. The normalized spacial score (nSPS) is 10.6. The van der Waals surface area contributed by atoms with Crippen LogP contribution in [0.2, 0.25) is 0 Å². The number of benzene rings is 5. The van der Waals surface area contributed by atoms with Gasteiger partial charge in [0.05, 0.1) is 0 Å². The highest BCUT2D eigenvalue weighted by Crippen LogP contribution is 2.34. The quantitative estimate of drug-likeness (QED) is 0.321. The van der Waals surface area contributed by atoms with Gasteiger partial charge >= 0.3 is 0 Å². The largest absolute Gasteiger partial charge is 0.508 e. The standard InChI is InChI=1S/C18H12.C6H6O/c1-2-8-14-13(7-1)15-9-3-4-11-17(15)18-12-6-5-10-16(14)18;7-6-4-2-1-3-5-6/h1-12H;1-5,7H. The predicted octanol–water partition coefficient (Wildman–Crippen LogP) is 6.54. The van der Waals surface area contributed by atoms with Crippen LogP contribution in [0.25, 0.3) is 32.3 Å². The number of hydrogen-bond acceptors (Lipinski definition) is 1. The first kappa shape index (κ1) is 15.2. The van der Waals surface area contributed by atoms with Gasteiger partial charge in [0, 0.05) is 0 Å². The average Bonchev–Trinajstić information content (AvgIpc) is 2.69. The Labute approximate surface area is 146 Å². The molecule has 0 aliphatic rings. The van der Waals surface area contributed by atoms with Crippen LogP contribution in [-0.2, 0) is 0 Å². The molecule has 5 rings (SSSR count). The zero-order chi connectivity index (χ0) is 17.1. The number of phenols is 1. The monoisotopic (exact) mass is 322 g/mol. The maximum absolute atomic E-state index is 8.63. The van der Waals surface area contributed by atoms with Crippen LogP contribution in [0.4, 0.5) is 0 Å². The molecule has 0 unspecified atom stereocenters. The molecule has 1 heteroatoms. The van der Waals surface area contributed by atoms with Crippen molar-refractivity contribution in [1.82, 2.24) is 0 Å². The first-order valence-corrected chi connectivity index (χ1v) is 8.37. The highest BCUT2D eigenvalue weighted by Gasteiger charge is 2.06. The van der Waals surface area contributed by atoms with Gasteiger partial charge in [-0.3, -0.25) is 0 Å². The van der Waals surface area contributed by atoms with E-state index >= 15 is 0 Å². The van der Waals surface area contributed by atoms with Gasteiger partial charge in [0.2, 0.25) is 0 Å². The second-order valence-corrected chi connectivity index (χ2v) is 5.97. The molecular weight excluding hydrogens is 304 g/mol. The van der Waals surface area contributed by atoms with Crippen LogP contribution in [0, 0.1) is 0 Å². The maximum Gasteiger partial charge on any atom is 0.115 e. The van der Waals surface area contributed by atoms with E-state index in [4.69, 9.17) is 5.11 Å². The Hall–Kier alpha value is -3.32. The molecule has 0 aromatic heterocycles. The minimum atomic E-state index is 0.322. The Morgan fingerprint density at radius 1 is 0.320 bits per heavy atom. The summed E-state index contributed by atoms with van der Waals surface area (Å²) in [6.07, 6.45) is 0. The third kappa shape index (κ3) is 2.92. The summed E-state index contributed by atoms with van der Waals surface area (Å²) >= 11 is 0. The van der Waals surface area contributed by atoms with Gasteiger partial charge in [-0.15, -0.1) is 0 Å². The lowest BCUT2D eigenvalue weighted by Gasteiger charge is -2.09.